The zero-order chi connectivity index (χ0) is 16.5. The highest BCUT2D eigenvalue weighted by molar-refractivity contribution is 5.88. The fourth-order valence-electron chi connectivity index (χ4n) is 4.21. The largest absolute Gasteiger partial charge is 0.454 e. The fraction of sp³-hybridized carbons (Fsp3) is 0.250. The van der Waals surface area contributed by atoms with Crippen LogP contribution in [-0.2, 0) is 6.54 Å². The van der Waals surface area contributed by atoms with Gasteiger partial charge in [0.25, 0.3) is 0 Å². The lowest BCUT2D eigenvalue weighted by molar-refractivity contribution is -0.697. The second-order valence-corrected chi connectivity index (χ2v) is 6.75. The summed E-state index contributed by atoms with van der Waals surface area (Å²) >= 11 is 0. The van der Waals surface area contributed by atoms with E-state index in [4.69, 9.17) is 18.9 Å². The molecule has 124 valence electrons. The number of fused-ring (bicyclic) bond motifs is 6. The van der Waals surface area contributed by atoms with Crippen molar-refractivity contribution in [1.29, 1.82) is 0 Å². The number of ether oxygens (including phenoxy) is 4. The molecule has 5 nitrogen and oxygen atoms in total. The van der Waals surface area contributed by atoms with E-state index in [2.05, 4.69) is 48.0 Å². The van der Waals surface area contributed by atoms with Crippen LogP contribution in [0.25, 0.3) is 10.8 Å². The van der Waals surface area contributed by atoms with Crippen molar-refractivity contribution in [1.82, 2.24) is 0 Å². The molecular formula is C20H16NO4+. The third kappa shape index (κ3) is 1.75. The van der Waals surface area contributed by atoms with Crippen LogP contribution in [0.2, 0.25) is 0 Å². The highest BCUT2D eigenvalue weighted by Gasteiger charge is 2.33. The molecule has 0 saturated heterocycles. The van der Waals surface area contributed by atoms with E-state index in [0.29, 0.717) is 13.6 Å². The summed E-state index contributed by atoms with van der Waals surface area (Å²) in [6, 6.07) is 10.6. The summed E-state index contributed by atoms with van der Waals surface area (Å²) in [7, 11) is 0. The Kier molecular flexibility index (Phi) is 2.44. The average Bonchev–Trinajstić information content (AvgIpc) is 3.26. The normalized spacial score (nSPS) is 19.0. The Labute approximate surface area is 144 Å². The van der Waals surface area contributed by atoms with Crippen molar-refractivity contribution < 1.29 is 23.5 Å². The van der Waals surface area contributed by atoms with Crippen molar-refractivity contribution in [2.45, 2.75) is 19.4 Å². The van der Waals surface area contributed by atoms with Gasteiger partial charge in [-0.3, -0.25) is 0 Å². The molecule has 0 saturated carbocycles. The van der Waals surface area contributed by atoms with Gasteiger partial charge in [-0.1, -0.05) is 0 Å². The molecule has 0 radical (unpaired) electrons. The third-order valence-corrected chi connectivity index (χ3v) is 5.42. The summed E-state index contributed by atoms with van der Waals surface area (Å²) in [5.41, 5.74) is 3.88. The smallest absolute Gasteiger partial charge is 0.231 e. The van der Waals surface area contributed by atoms with Crippen LogP contribution in [0.4, 0.5) is 0 Å². The third-order valence-electron chi connectivity index (χ3n) is 5.42. The predicted octanol–water partition coefficient (Wildman–Crippen LogP) is 3.10. The van der Waals surface area contributed by atoms with Crippen LogP contribution >= 0.6 is 0 Å². The Hall–Kier alpha value is -2.95. The second kappa shape index (κ2) is 4.57. The molecule has 3 aliphatic heterocycles. The molecule has 0 amide bonds. The number of pyridine rings is 1. The van der Waals surface area contributed by atoms with E-state index >= 15 is 0 Å². The van der Waals surface area contributed by atoms with Crippen molar-refractivity contribution in [2.24, 2.45) is 0 Å². The van der Waals surface area contributed by atoms with E-state index in [1.165, 1.54) is 27.6 Å². The zero-order valence-electron chi connectivity index (χ0n) is 13.7. The molecule has 0 bridgehead atoms. The summed E-state index contributed by atoms with van der Waals surface area (Å²) in [5.74, 6) is 3.59. The van der Waals surface area contributed by atoms with Gasteiger partial charge in [0.15, 0.2) is 41.4 Å². The number of rotatable bonds is 0. The van der Waals surface area contributed by atoms with E-state index in [1.807, 2.05) is 0 Å². The minimum atomic E-state index is 0.252. The predicted molar refractivity (Wildman–Crippen MR) is 89.5 cm³/mol. The second-order valence-electron chi connectivity index (χ2n) is 6.75. The van der Waals surface area contributed by atoms with Crippen LogP contribution in [0.5, 0.6) is 23.0 Å². The van der Waals surface area contributed by atoms with Gasteiger partial charge >= 0.3 is 0 Å². The number of nitrogens with zero attached hydrogens (tertiary/aromatic N) is 1. The molecule has 0 fully saturated rings. The Morgan fingerprint density at radius 3 is 2.36 bits per heavy atom. The highest BCUT2D eigenvalue weighted by atomic mass is 16.7. The molecule has 0 aliphatic carbocycles. The summed E-state index contributed by atoms with van der Waals surface area (Å²) in [6.45, 7) is 3.67. The summed E-state index contributed by atoms with van der Waals surface area (Å²) < 4.78 is 24.6. The van der Waals surface area contributed by atoms with E-state index in [0.717, 1.165) is 29.5 Å². The van der Waals surface area contributed by atoms with Crippen molar-refractivity contribution >= 4 is 10.8 Å². The van der Waals surface area contributed by atoms with Crippen LogP contribution in [0, 0.1) is 0 Å². The van der Waals surface area contributed by atoms with Crippen LogP contribution in [0.1, 0.15) is 29.7 Å². The lowest BCUT2D eigenvalue weighted by atomic mass is 9.86. The number of benzene rings is 2. The quantitative estimate of drug-likeness (QED) is 0.593. The maximum Gasteiger partial charge on any atom is 0.231 e. The molecular weight excluding hydrogens is 318 g/mol. The molecule has 2 aromatic carbocycles. The molecule has 5 heteroatoms. The summed E-state index contributed by atoms with van der Waals surface area (Å²) in [6.07, 6.45) is 2.16. The maximum atomic E-state index is 5.59. The SMILES string of the molecule is CC1c2cc3c(cc2C[n+]2ccc4cc5c(cc4c21)OCO5)OCO3. The van der Waals surface area contributed by atoms with E-state index in [1.54, 1.807) is 0 Å². The van der Waals surface area contributed by atoms with Gasteiger partial charge in [-0.05, 0) is 42.1 Å². The molecule has 25 heavy (non-hydrogen) atoms. The molecule has 6 rings (SSSR count). The van der Waals surface area contributed by atoms with Crippen LogP contribution in [0.3, 0.4) is 0 Å². The van der Waals surface area contributed by atoms with Gasteiger partial charge < -0.3 is 18.9 Å². The van der Waals surface area contributed by atoms with Gasteiger partial charge in [-0.25, -0.2) is 0 Å². The zero-order valence-corrected chi connectivity index (χ0v) is 13.7. The van der Waals surface area contributed by atoms with Crippen LogP contribution < -0.4 is 23.5 Å². The molecule has 0 N–H and O–H groups in total. The molecule has 3 aliphatic rings. The Morgan fingerprint density at radius 1 is 0.880 bits per heavy atom. The summed E-state index contributed by atoms with van der Waals surface area (Å²) in [5, 5.41) is 2.38. The van der Waals surface area contributed by atoms with Crippen molar-refractivity contribution in [2.75, 3.05) is 13.6 Å². The van der Waals surface area contributed by atoms with E-state index < -0.39 is 0 Å². The molecule has 0 spiro atoms. The molecule has 1 atom stereocenters. The van der Waals surface area contributed by atoms with Gasteiger partial charge in [0.05, 0.1) is 11.3 Å². The Morgan fingerprint density at radius 2 is 1.56 bits per heavy atom. The molecule has 3 aromatic rings. The van der Waals surface area contributed by atoms with Gasteiger partial charge in [0, 0.05) is 11.6 Å². The lowest BCUT2D eigenvalue weighted by Crippen LogP contribution is -2.43. The van der Waals surface area contributed by atoms with Gasteiger partial charge in [-0.15, -0.1) is 0 Å². The van der Waals surface area contributed by atoms with Gasteiger partial charge in [0.1, 0.15) is 0 Å². The molecule has 1 unspecified atom stereocenters. The minimum Gasteiger partial charge on any atom is -0.454 e. The Bertz CT molecular complexity index is 1060. The van der Waals surface area contributed by atoms with Crippen molar-refractivity contribution in [3.63, 3.8) is 0 Å². The number of hydrogen-bond donors (Lipinski definition) is 0. The monoisotopic (exact) mass is 334 g/mol. The topological polar surface area (TPSA) is 40.8 Å². The standard InChI is InChI=1S/C20H16NO4/c1-11-14-6-18-17(23-10-24-18)5-13(14)8-21-3-2-12-4-16-19(25-9-22-16)7-15(12)20(11)21/h2-7,11H,8-10H2,1H3/q+1. The first-order chi connectivity index (χ1) is 12.3. The average molecular weight is 334 g/mol. The highest BCUT2D eigenvalue weighted by Crippen LogP contribution is 2.43. The first kappa shape index (κ1) is 13.4. The number of hydrogen-bond acceptors (Lipinski definition) is 4. The van der Waals surface area contributed by atoms with Crippen molar-refractivity contribution in [3.05, 3.63) is 53.3 Å². The summed E-state index contributed by atoms with van der Waals surface area (Å²) in [4.78, 5) is 0. The van der Waals surface area contributed by atoms with Crippen LogP contribution in [-0.4, -0.2) is 13.6 Å². The van der Waals surface area contributed by atoms with Crippen LogP contribution in [0.15, 0.2) is 36.5 Å². The lowest BCUT2D eigenvalue weighted by Gasteiger charge is -2.22. The fourth-order valence-corrected chi connectivity index (χ4v) is 4.21. The van der Waals surface area contributed by atoms with Crippen molar-refractivity contribution in [3.8, 4) is 23.0 Å². The minimum absolute atomic E-state index is 0.252. The van der Waals surface area contributed by atoms with Gasteiger partial charge in [0.2, 0.25) is 13.6 Å². The Balaban J connectivity index is 1.59. The molecule has 1 aromatic heterocycles. The molecule has 4 heterocycles. The first-order valence-electron chi connectivity index (χ1n) is 8.46. The maximum absolute atomic E-state index is 5.59. The van der Waals surface area contributed by atoms with E-state index in [-0.39, 0.29) is 5.92 Å². The van der Waals surface area contributed by atoms with E-state index in [9.17, 15) is 0 Å². The van der Waals surface area contributed by atoms with Gasteiger partial charge in [-0.2, -0.15) is 4.57 Å². The number of aromatic nitrogens is 1. The first-order valence-corrected chi connectivity index (χ1v) is 8.46.